The first-order valence-electron chi connectivity index (χ1n) is 2.05. The number of carbonyl (C=O) groups excluding carboxylic acids is 1. The molecule has 0 aromatic rings. The third-order valence-electron chi connectivity index (χ3n) is 0.458. The van der Waals surface area contributed by atoms with Crippen LogP contribution in [0.15, 0.2) is 12.2 Å². The maximum atomic E-state index is 10.0. The van der Waals surface area contributed by atoms with Crippen LogP contribution < -0.4 is 0 Å². The minimum absolute atomic E-state index is 0.0333. The Labute approximate surface area is 42.5 Å². The number of aliphatic hydroxyl groups excluding tert-OH is 1. The van der Waals surface area contributed by atoms with Crippen molar-refractivity contribution in [1.29, 1.82) is 0 Å². The molecule has 0 saturated carbocycles. The Morgan fingerprint density at radius 1 is 1.86 bits per heavy atom. The van der Waals surface area contributed by atoms with Crippen molar-refractivity contribution in [2.45, 2.75) is 6.92 Å². The highest BCUT2D eigenvalue weighted by molar-refractivity contribution is 5.87. The molecular weight excluding hydrogens is 92.1 g/mol. The van der Waals surface area contributed by atoms with Gasteiger partial charge >= 0.3 is 0 Å². The topological polar surface area (TPSA) is 37.3 Å². The Hall–Kier alpha value is -0.630. The summed E-state index contributed by atoms with van der Waals surface area (Å²) in [7, 11) is 0. The summed E-state index contributed by atoms with van der Waals surface area (Å²) in [6.45, 7) is 1.38. The summed E-state index contributed by atoms with van der Waals surface area (Å²) >= 11 is 0. The van der Waals surface area contributed by atoms with Gasteiger partial charge in [-0.25, -0.2) is 0 Å². The molecule has 40 valence electrons. The quantitative estimate of drug-likeness (QED) is 0.500. The average molecular weight is 100 g/mol. The third kappa shape index (κ3) is 5.37. The van der Waals surface area contributed by atoms with Crippen LogP contribution in [0.3, 0.4) is 0 Å². The zero-order valence-corrected chi connectivity index (χ0v) is 4.22. The zero-order chi connectivity index (χ0) is 5.70. The molecule has 0 bridgehead atoms. The summed E-state index contributed by atoms with van der Waals surface area (Å²) in [6.07, 6.45) is 2.74. The maximum absolute atomic E-state index is 10.0. The van der Waals surface area contributed by atoms with Crippen molar-refractivity contribution >= 4 is 5.78 Å². The molecule has 2 nitrogen and oxygen atoms in total. The Balaban J connectivity index is 3.26. The molecule has 0 radical (unpaired) electrons. The summed E-state index contributed by atoms with van der Waals surface area (Å²) < 4.78 is 0. The van der Waals surface area contributed by atoms with Gasteiger partial charge in [0.15, 0.2) is 5.78 Å². The van der Waals surface area contributed by atoms with Gasteiger partial charge in [0.2, 0.25) is 0 Å². The number of rotatable bonds is 2. The largest absolute Gasteiger partial charge is 0.392 e. The second-order valence-corrected chi connectivity index (χ2v) is 1.20. The van der Waals surface area contributed by atoms with E-state index in [-0.39, 0.29) is 12.4 Å². The van der Waals surface area contributed by atoms with Crippen molar-refractivity contribution in [2.24, 2.45) is 0 Å². The number of hydrogen-bond donors (Lipinski definition) is 1. The first-order chi connectivity index (χ1) is 3.27. The van der Waals surface area contributed by atoms with Crippen LogP contribution in [0, 0.1) is 0 Å². The van der Waals surface area contributed by atoms with Gasteiger partial charge in [-0.3, -0.25) is 4.79 Å². The standard InChI is InChI=1S/C5H8O2/c1-5(7)3-2-4-6/h2-3,6H,4H2,1H3/b3-2+. The normalized spacial score (nSPS) is 10.0. The van der Waals surface area contributed by atoms with E-state index in [1.54, 1.807) is 0 Å². The van der Waals surface area contributed by atoms with Crippen molar-refractivity contribution in [3.63, 3.8) is 0 Å². The van der Waals surface area contributed by atoms with Gasteiger partial charge in [0.1, 0.15) is 0 Å². The molecule has 7 heavy (non-hydrogen) atoms. The number of carbonyl (C=O) groups is 1. The van der Waals surface area contributed by atoms with Crippen molar-refractivity contribution in [2.75, 3.05) is 6.61 Å². The van der Waals surface area contributed by atoms with Crippen LogP contribution in [0.4, 0.5) is 0 Å². The molecule has 0 aliphatic carbocycles. The van der Waals surface area contributed by atoms with Gasteiger partial charge in [-0.15, -0.1) is 0 Å². The van der Waals surface area contributed by atoms with E-state index in [1.165, 1.54) is 19.1 Å². The lowest BCUT2D eigenvalue weighted by molar-refractivity contribution is -0.112. The summed E-state index contributed by atoms with van der Waals surface area (Å²) in [6, 6.07) is 0. The van der Waals surface area contributed by atoms with Gasteiger partial charge in [0.25, 0.3) is 0 Å². The molecule has 0 spiro atoms. The van der Waals surface area contributed by atoms with E-state index in [0.29, 0.717) is 0 Å². The molecule has 0 unspecified atom stereocenters. The lowest BCUT2D eigenvalue weighted by Gasteiger charge is -1.74. The average Bonchev–Trinajstić information content (AvgIpc) is 1.61. The summed E-state index contributed by atoms with van der Waals surface area (Å²) in [4.78, 5) is 10.0. The molecule has 0 saturated heterocycles. The first-order valence-corrected chi connectivity index (χ1v) is 2.05. The molecule has 0 aliphatic rings. The van der Waals surface area contributed by atoms with E-state index >= 15 is 0 Å². The van der Waals surface area contributed by atoms with Crippen molar-refractivity contribution < 1.29 is 9.90 Å². The highest BCUT2D eigenvalue weighted by Crippen LogP contribution is 1.70. The van der Waals surface area contributed by atoms with Crippen LogP contribution in [-0.4, -0.2) is 17.5 Å². The minimum atomic E-state index is -0.0560. The second-order valence-electron chi connectivity index (χ2n) is 1.20. The van der Waals surface area contributed by atoms with Gasteiger partial charge in [-0.1, -0.05) is 6.08 Å². The second kappa shape index (κ2) is 3.56. The van der Waals surface area contributed by atoms with Crippen LogP contribution in [0.5, 0.6) is 0 Å². The lowest BCUT2D eigenvalue weighted by atomic mass is 10.4. The third-order valence-corrected chi connectivity index (χ3v) is 0.458. The highest BCUT2D eigenvalue weighted by atomic mass is 16.2. The Morgan fingerprint density at radius 2 is 2.43 bits per heavy atom. The fraction of sp³-hybridized carbons (Fsp3) is 0.400. The molecule has 0 aliphatic heterocycles. The zero-order valence-electron chi connectivity index (χ0n) is 4.22. The van der Waals surface area contributed by atoms with Crippen LogP contribution in [0.1, 0.15) is 6.92 Å². The number of ketones is 1. The Morgan fingerprint density at radius 3 is 2.57 bits per heavy atom. The Kier molecular flexibility index (Phi) is 3.24. The minimum Gasteiger partial charge on any atom is -0.392 e. The number of allylic oxidation sites excluding steroid dienone is 1. The molecule has 1 N–H and O–H groups in total. The molecule has 0 fully saturated rings. The fourth-order valence-corrected chi connectivity index (χ4v) is 0.219. The molecular formula is C5H8O2. The van der Waals surface area contributed by atoms with E-state index in [9.17, 15) is 4.79 Å². The van der Waals surface area contributed by atoms with Crippen LogP contribution >= 0.6 is 0 Å². The van der Waals surface area contributed by atoms with Crippen molar-refractivity contribution in [3.05, 3.63) is 12.2 Å². The number of aliphatic hydroxyl groups is 1. The molecule has 0 atom stereocenters. The molecule has 2 heteroatoms. The van der Waals surface area contributed by atoms with Crippen LogP contribution in [-0.2, 0) is 4.79 Å². The predicted molar refractivity (Wildman–Crippen MR) is 26.9 cm³/mol. The number of hydrogen-bond acceptors (Lipinski definition) is 2. The van der Waals surface area contributed by atoms with E-state index in [1.807, 2.05) is 0 Å². The van der Waals surface area contributed by atoms with Crippen LogP contribution in [0.25, 0.3) is 0 Å². The van der Waals surface area contributed by atoms with E-state index < -0.39 is 0 Å². The van der Waals surface area contributed by atoms with Gasteiger partial charge in [-0.2, -0.15) is 0 Å². The molecule has 0 amide bonds. The summed E-state index contributed by atoms with van der Waals surface area (Å²) in [5, 5.41) is 8.08. The predicted octanol–water partition coefficient (Wildman–Crippen LogP) is 0.124. The summed E-state index contributed by atoms with van der Waals surface area (Å²) in [5.74, 6) is -0.0333. The van der Waals surface area contributed by atoms with Gasteiger partial charge in [0, 0.05) is 0 Å². The van der Waals surface area contributed by atoms with Crippen molar-refractivity contribution in [3.8, 4) is 0 Å². The van der Waals surface area contributed by atoms with Crippen molar-refractivity contribution in [1.82, 2.24) is 0 Å². The van der Waals surface area contributed by atoms with E-state index in [0.717, 1.165) is 0 Å². The maximum Gasteiger partial charge on any atom is 0.152 e. The Bertz CT molecular complexity index is 84.1. The molecule has 0 rings (SSSR count). The monoisotopic (exact) mass is 100 g/mol. The van der Waals surface area contributed by atoms with Crippen LogP contribution in [0.2, 0.25) is 0 Å². The van der Waals surface area contributed by atoms with E-state index in [4.69, 9.17) is 5.11 Å². The fourth-order valence-electron chi connectivity index (χ4n) is 0.219. The molecule has 0 aromatic heterocycles. The lowest BCUT2D eigenvalue weighted by Crippen LogP contribution is -1.80. The van der Waals surface area contributed by atoms with E-state index in [2.05, 4.69) is 0 Å². The molecule has 0 aromatic carbocycles. The van der Waals surface area contributed by atoms with Gasteiger partial charge < -0.3 is 5.11 Å². The first kappa shape index (κ1) is 6.37. The van der Waals surface area contributed by atoms with Gasteiger partial charge in [-0.05, 0) is 13.0 Å². The molecule has 0 heterocycles. The smallest absolute Gasteiger partial charge is 0.152 e. The van der Waals surface area contributed by atoms with Gasteiger partial charge in [0.05, 0.1) is 6.61 Å². The highest BCUT2D eigenvalue weighted by Gasteiger charge is 1.76. The SMILES string of the molecule is CC(=O)/C=C/CO. The summed E-state index contributed by atoms with van der Waals surface area (Å²) in [5.41, 5.74) is 0.